The van der Waals surface area contributed by atoms with Crippen LogP contribution in [0.1, 0.15) is 33.6 Å². The van der Waals surface area contributed by atoms with Gasteiger partial charge >= 0.3 is 0 Å². The number of carbonyl (C=O) groups excluding carboxylic acids is 2. The zero-order valence-electron chi connectivity index (χ0n) is 8.96. The Balaban J connectivity index is 3.79. The number of nitrogens with two attached hydrogens (primary N) is 1. The summed E-state index contributed by atoms with van der Waals surface area (Å²) < 4.78 is 0. The van der Waals surface area contributed by atoms with Gasteiger partial charge in [-0.05, 0) is 12.3 Å². The molecule has 5 nitrogen and oxygen atoms in total. The third-order valence-corrected chi connectivity index (χ3v) is 1.82. The molecule has 0 aromatic carbocycles. The van der Waals surface area contributed by atoms with Gasteiger partial charge < -0.3 is 5.73 Å². The van der Waals surface area contributed by atoms with Crippen molar-refractivity contribution in [3.05, 3.63) is 0 Å². The van der Waals surface area contributed by atoms with Crippen LogP contribution in [0, 0.1) is 5.92 Å². The van der Waals surface area contributed by atoms with E-state index in [0.717, 1.165) is 6.42 Å². The standard InChI is InChI=1S/C9H19N3O2/c1-4-5-7(13)11-12-9(14)8(10)6(2)3/h6,8H,4-5,10H2,1-3H3,(H,11,13)(H,12,14). The smallest absolute Gasteiger partial charge is 0.255 e. The molecule has 1 unspecified atom stereocenters. The second-order valence-electron chi connectivity index (χ2n) is 3.56. The molecule has 0 aliphatic heterocycles. The number of hydrogen-bond acceptors (Lipinski definition) is 3. The van der Waals surface area contributed by atoms with Crippen LogP contribution in [0.5, 0.6) is 0 Å². The summed E-state index contributed by atoms with van der Waals surface area (Å²) in [4.78, 5) is 22.2. The van der Waals surface area contributed by atoms with Gasteiger partial charge in [0.25, 0.3) is 5.91 Å². The maximum atomic E-state index is 11.2. The van der Waals surface area contributed by atoms with Gasteiger partial charge in [-0.25, -0.2) is 0 Å². The molecular formula is C9H19N3O2. The average molecular weight is 201 g/mol. The minimum absolute atomic E-state index is 0.0538. The lowest BCUT2D eigenvalue weighted by molar-refractivity contribution is -0.130. The van der Waals surface area contributed by atoms with Gasteiger partial charge in [-0.1, -0.05) is 20.8 Å². The normalized spacial score (nSPS) is 12.4. The highest BCUT2D eigenvalue weighted by Crippen LogP contribution is 1.96. The average Bonchev–Trinajstić information content (AvgIpc) is 2.13. The highest BCUT2D eigenvalue weighted by molar-refractivity contribution is 5.85. The zero-order valence-corrected chi connectivity index (χ0v) is 8.96. The highest BCUT2D eigenvalue weighted by atomic mass is 16.2. The van der Waals surface area contributed by atoms with Crippen molar-refractivity contribution in [3.8, 4) is 0 Å². The van der Waals surface area contributed by atoms with Crippen LogP contribution in [0.4, 0.5) is 0 Å². The van der Waals surface area contributed by atoms with Crippen molar-refractivity contribution in [3.63, 3.8) is 0 Å². The molecule has 0 bridgehead atoms. The van der Waals surface area contributed by atoms with Crippen LogP contribution in [0.2, 0.25) is 0 Å². The molecule has 0 aromatic heterocycles. The van der Waals surface area contributed by atoms with E-state index in [1.165, 1.54) is 0 Å². The Labute approximate surface area is 84.4 Å². The predicted octanol–water partition coefficient (Wildman–Crippen LogP) is -0.0828. The lowest BCUT2D eigenvalue weighted by Crippen LogP contribution is -2.51. The first-order valence-corrected chi connectivity index (χ1v) is 4.83. The molecule has 4 N–H and O–H groups in total. The fraction of sp³-hybridized carbons (Fsp3) is 0.778. The van der Waals surface area contributed by atoms with Gasteiger partial charge in [-0.3, -0.25) is 20.4 Å². The molecule has 0 aliphatic rings. The molecule has 1 atom stereocenters. The molecule has 0 fully saturated rings. The Morgan fingerprint density at radius 3 is 2.29 bits per heavy atom. The summed E-state index contributed by atoms with van der Waals surface area (Å²) in [6, 6.07) is -0.586. The fourth-order valence-corrected chi connectivity index (χ4v) is 0.807. The second-order valence-corrected chi connectivity index (χ2v) is 3.56. The number of carbonyl (C=O) groups is 2. The molecular weight excluding hydrogens is 182 g/mol. The largest absolute Gasteiger partial charge is 0.320 e. The van der Waals surface area contributed by atoms with Crippen molar-refractivity contribution in [1.29, 1.82) is 0 Å². The maximum absolute atomic E-state index is 11.2. The molecule has 0 aromatic rings. The van der Waals surface area contributed by atoms with E-state index >= 15 is 0 Å². The quantitative estimate of drug-likeness (QED) is 0.556. The van der Waals surface area contributed by atoms with Crippen LogP contribution in [0.15, 0.2) is 0 Å². The molecule has 0 saturated carbocycles. The Bertz CT molecular complexity index is 204. The first-order chi connectivity index (χ1) is 6.49. The van der Waals surface area contributed by atoms with Gasteiger partial charge in [0.2, 0.25) is 5.91 Å². The van der Waals surface area contributed by atoms with Gasteiger partial charge in [0, 0.05) is 6.42 Å². The van der Waals surface area contributed by atoms with Crippen molar-refractivity contribution in [2.45, 2.75) is 39.7 Å². The highest BCUT2D eigenvalue weighted by Gasteiger charge is 2.17. The molecule has 0 heterocycles. The summed E-state index contributed by atoms with van der Waals surface area (Å²) in [6.07, 6.45) is 1.15. The van der Waals surface area contributed by atoms with Gasteiger partial charge in [-0.15, -0.1) is 0 Å². The summed E-state index contributed by atoms with van der Waals surface area (Å²) in [7, 11) is 0. The van der Waals surface area contributed by atoms with Crippen molar-refractivity contribution in [2.24, 2.45) is 11.7 Å². The monoisotopic (exact) mass is 201 g/mol. The van der Waals surface area contributed by atoms with E-state index in [1.807, 2.05) is 20.8 Å². The first-order valence-electron chi connectivity index (χ1n) is 4.83. The summed E-state index contributed by atoms with van der Waals surface area (Å²) >= 11 is 0. The number of hydrogen-bond donors (Lipinski definition) is 3. The van der Waals surface area contributed by atoms with E-state index < -0.39 is 6.04 Å². The third kappa shape index (κ3) is 4.81. The van der Waals surface area contributed by atoms with Crippen LogP contribution in [0.25, 0.3) is 0 Å². The summed E-state index contributed by atoms with van der Waals surface area (Å²) in [5.41, 5.74) is 10.1. The Morgan fingerprint density at radius 1 is 1.29 bits per heavy atom. The lowest BCUT2D eigenvalue weighted by atomic mass is 10.1. The van der Waals surface area contributed by atoms with E-state index in [0.29, 0.717) is 6.42 Å². The summed E-state index contributed by atoms with van der Waals surface area (Å²) in [6.45, 7) is 5.58. The van der Waals surface area contributed by atoms with Crippen LogP contribution in [0.3, 0.4) is 0 Å². The summed E-state index contributed by atoms with van der Waals surface area (Å²) in [5, 5.41) is 0. The van der Waals surface area contributed by atoms with Crippen LogP contribution >= 0.6 is 0 Å². The molecule has 0 rings (SSSR count). The van der Waals surface area contributed by atoms with Crippen molar-refractivity contribution < 1.29 is 9.59 Å². The van der Waals surface area contributed by atoms with Crippen molar-refractivity contribution in [1.82, 2.24) is 10.9 Å². The van der Waals surface area contributed by atoms with E-state index in [1.54, 1.807) is 0 Å². The Hall–Kier alpha value is -1.10. The molecule has 0 radical (unpaired) electrons. The fourth-order valence-electron chi connectivity index (χ4n) is 0.807. The lowest BCUT2D eigenvalue weighted by Gasteiger charge is -2.15. The Morgan fingerprint density at radius 2 is 1.86 bits per heavy atom. The summed E-state index contributed by atoms with van der Waals surface area (Å²) in [5.74, 6) is -0.501. The molecule has 0 aliphatic carbocycles. The number of rotatable bonds is 4. The van der Waals surface area contributed by atoms with Crippen LogP contribution < -0.4 is 16.6 Å². The van der Waals surface area contributed by atoms with Crippen LogP contribution in [-0.2, 0) is 9.59 Å². The molecule has 0 saturated heterocycles. The van der Waals surface area contributed by atoms with E-state index in [-0.39, 0.29) is 17.7 Å². The number of nitrogens with one attached hydrogen (secondary N) is 2. The number of amides is 2. The van der Waals surface area contributed by atoms with Crippen molar-refractivity contribution in [2.75, 3.05) is 0 Å². The van der Waals surface area contributed by atoms with Crippen molar-refractivity contribution >= 4 is 11.8 Å². The first kappa shape index (κ1) is 12.9. The van der Waals surface area contributed by atoms with E-state index in [4.69, 9.17) is 5.73 Å². The van der Waals surface area contributed by atoms with Gasteiger partial charge in [0.15, 0.2) is 0 Å². The van der Waals surface area contributed by atoms with Gasteiger partial charge in [0.1, 0.15) is 0 Å². The van der Waals surface area contributed by atoms with E-state index in [9.17, 15) is 9.59 Å². The third-order valence-electron chi connectivity index (χ3n) is 1.82. The van der Waals surface area contributed by atoms with Gasteiger partial charge in [0.05, 0.1) is 6.04 Å². The van der Waals surface area contributed by atoms with E-state index in [2.05, 4.69) is 10.9 Å². The topological polar surface area (TPSA) is 84.2 Å². The minimum Gasteiger partial charge on any atom is -0.320 e. The van der Waals surface area contributed by atoms with Crippen LogP contribution in [-0.4, -0.2) is 17.9 Å². The SMILES string of the molecule is CCCC(=O)NNC(=O)C(N)C(C)C. The molecule has 82 valence electrons. The molecule has 5 heteroatoms. The molecule has 14 heavy (non-hydrogen) atoms. The zero-order chi connectivity index (χ0) is 11.1. The van der Waals surface area contributed by atoms with Gasteiger partial charge in [-0.2, -0.15) is 0 Å². The minimum atomic E-state index is -0.586. The predicted molar refractivity (Wildman–Crippen MR) is 54.0 cm³/mol. The second kappa shape index (κ2) is 6.37. The molecule has 0 spiro atoms. The maximum Gasteiger partial charge on any atom is 0.255 e. The number of hydrazine groups is 1. The molecule has 2 amide bonds. The Kier molecular flexibility index (Phi) is 5.87.